The Balaban J connectivity index is 3.27. The minimum atomic E-state index is 0.563. The molecule has 0 aliphatic heterocycles. The summed E-state index contributed by atoms with van der Waals surface area (Å²) in [7, 11) is 0. The Morgan fingerprint density at radius 2 is 1.75 bits per heavy atom. The molecular weight excluding hydrogens is 146 g/mol. The lowest BCUT2D eigenvalue weighted by Crippen LogP contribution is -1.99. The maximum absolute atomic E-state index is 5.92. The van der Waals surface area contributed by atoms with Crippen molar-refractivity contribution in [1.82, 2.24) is 0 Å². The van der Waals surface area contributed by atoms with Crippen LogP contribution >= 0.6 is 0 Å². The van der Waals surface area contributed by atoms with E-state index in [1.807, 2.05) is 6.92 Å². The second-order valence-corrected chi connectivity index (χ2v) is 3.67. The van der Waals surface area contributed by atoms with E-state index in [1.165, 1.54) is 16.7 Å². The Labute approximate surface area is 74.6 Å². The number of hydrogen-bond donors (Lipinski definition) is 1. The molecule has 0 aromatic heterocycles. The summed E-state index contributed by atoms with van der Waals surface area (Å²) >= 11 is 0. The molecule has 66 valence electrons. The lowest BCUT2D eigenvalue weighted by atomic mass is 9.95. The Morgan fingerprint density at radius 1 is 1.17 bits per heavy atom. The van der Waals surface area contributed by atoms with Gasteiger partial charge in [0.15, 0.2) is 0 Å². The van der Waals surface area contributed by atoms with Gasteiger partial charge in [0.25, 0.3) is 0 Å². The summed E-state index contributed by atoms with van der Waals surface area (Å²) < 4.78 is 0. The molecule has 12 heavy (non-hydrogen) atoms. The average Bonchev–Trinajstić information content (AvgIpc) is 2.00. The van der Waals surface area contributed by atoms with E-state index >= 15 is 0 Å². The molecule has 1 aromatic rings. The number of benzene rings is 1. The van der Waals surface area contributed by atoms with Gasteiger partial charge in [-0.25, -0.2) is 0 Å². The van der Waals surface area contributed by atoms with Crippen LogP contribution in [0, 0.1) is 13.8 Å². The topological polar surface area (TPSA) is 26.0 Å². The summed E-state index contributed by atoms with van der Waals surface area (Å²) in [6.07, 6.45) is 0. The highest BCUT2D eigenvalue weighted by Gasteiger charge is 2.06. The summed E-state index contributed by atoms with van der Waals surface area (Å²) in [6, 6.07) is 4.27. The van der Waals surface area contributed by atoms with Crippen molar-refractivity contribution in [3.05, 3.63) is 28.8 Å². The standard InChI is InChI=1S/C11H17N/c1-7(2)10-6-5-8(3)11(12)9(10)4/h5-7H,12H2,1-4H3. The first-order chi connectivity index (χ1) is 5.54. The van der Waals surface area contributed by atoms with Gasteiger partial charge in [0.1, 0.15) is 0 Å². The Kier molecular flexibility index (Phi) is 2.41. The molecule has 0 radical (unpaired) electrons. The van der Waals surface area contributed by atoms with Crippen LogP contribution < -0.4 is 5.73 Å². The zero-order valence-corrected chi connectivity index (χ0v) is 8.31. The van der Waals surface area contributed by atoms with Gasteiger partial charge in [0.2, 0.25) is 0 Å². The van der Waals surface area contributed by atoms with Crippen LogP contribution in [0.3, 0.4) is 0 Å². The van der Waals surface area contributed by atoms with Crippen LogP contribution in [0.2, 0.25) is 0 Å². The smallest absolute Gasteiger partial charge is 0.0376 e. The number of anilines is 1. The van der Waals surface area contributed by atoms with E-state index in [1.54, 1.807) is 0 Å². The molecule has 1 aromatic carbocycles. The molecule has 1 nitrogen and oxygen atoms in total. The van der Waals surface area contributed by atoms with Gasteiger partial charge in [-0.05, 0) is 36.5 Å². The third kappa shape index (κ3) is 1.45. The fourth-order valence-corrected chi connectivity index (χ4v) is 1.51. The highest BCUT2D eigenvalue weighted by molar-refractivity contribution is 5.56. The van der Waals surface area contributed by atoms with Gasteiger partial charge in [-0.1, -0.05) is 26.0 Å². The molecule has 0 fully saturated rings. The van der Waals surface area contributed by atoms with Crippen molar-refractivity contribution in [2.75, 3.05) is 5.73 Å². The fraction of sp³-hybridized carbons (Fsp3) is 0.455. The Bertz CT molecular complexity index is 287. The van der Waals surface area contributed by atoms with E-state index in [-0.39, 0.29) is 0 Å². The monoisotopic (exact) mass is 163 g/mol. The predicted molar refractivity (Wildman–Crippen MR) is 54.4 cm³/mol. The van der Waals surface area contributed by atoms with Crippen LogP contribution in [0.15, 0.2) is 12.1 Å². The van der Waals surface area contributed by atoms with E-state index in [0.29, 0.717) is 5.92 Å². The highest BCUT2D eigenvalue weighted by Crippen LogP contribution is 2.25. The third-order valence-corrected chi connectivity index (χ3v) is 2.40. The van der Waals surface area contributed by atoms with Crippen molar-refractivity contribution in [2.45, 2.75) is 33.6 Å². The summed E-state index contributed by atoms with van der Waals surface area (Å²) in [5.74, 6) is 0.563. The molecule has 1 heteroatoms. The van der Waals surface area contributed by atoms with Crippen LogP contribution in [0.4, 0.5) is 5.69 Å². The van der Waals surface area contributed by atoms with Gasteiger partial charge in [0, 0.05) is 5.69 Å². The maximum Gasteiger partial charge on any atom is 0.0376 e. The predicted octanol–water partition coefficient (Wildman–Crippen LogP) is 3.01. The number of rotatable bonds is 1. The largest absolute Gasteiger partial charge is 0.398 e. The van der Waals surface area contributed by atoms with Crippen molar-refractivity contribution < 1.29 is 0 Å². The Morgan fingerprint density at radius 3 is 2.25 bits per heavy atom. The van der Waals surface area contributed by atoms with E-state index in [4.69, 9.17) is 5.73 Å². The van der Waals surface area contributed by atoms with Gasteiger partial charge >= 0.3 is 0 Å². The van der Waals surface area contributed by atoms with Crippen molar-refractivity contribution >= 4 is 5.69 Å². The highest BCUT2D eigenvalue weighted by atomic mass is 14.6. The van der Waals surface area contributed by atoms with Gasteiger partial charge in [-0.2, -0.15) is 0 Å². The Hall–Kier alpha value is -0.980. The number of nitrogens with two attached hydrogens (primary N) is 1. The van der Waals surface area contributed by atoms with Crippen LogP contribution in [0.1, 0.15) is 36.5 Å². The fourth-order valence-electron chi connectivity index (χ4n) is 1.51. The maximum atomic E-state index is 5.92. The summed E-state index contributed by atoms with van der Waals surface area (Å²) in [4.78, 5) is 0. The minimum Gasteiger partial charge on any atom is -0.398 e. The molecule has 0 bridgehead atoms. The van der Waals surface area contributed by atoms with E-state index in [2.05, 4.69) is 32.9 Å². The first-order valence-electron chi connectivity index (χ1n) is 4.39. The van der Waals surface area contributed by atoms with Crippen molar-refractivity contribution in [2.24, 2.45) is 0 Å². The van der Waals surface area contributed by atoms with Gasteiger partial charge < -0.3 is 5.73 Å². The lowest BCUT2D eigenvalue weighted by molar-refractivity contribution is 0.856. The first-order valence-corrected chi connectivity index (χ1v) is 4.39. The lowest BCUT2D eigenvalue weighted by Gasteiger charge is -2.13. The quantitative estimate of drug-likeness (QED) is 0.633. The molecule has 0 amide bonds. The molecule has 0 unspecified atom stereocenters. The number of nitrogen functional groups attached to an aromatic ring is 1. The number of aryl methyl sites for hydroxylation is 1. The molecule has 0 heterocycles. The first kappa shape index (κ1) is 9.11. The molecule has 0 aliphatic rings. The SMILES string of the molecule is Cc1ccc(C(C)C)c(C)c1N. The normalized spacial score (nSPS) is 10.8. The van der Waals surface area contributed by atoms with Crippen LogP contribution in [-0.4, -0.2) is 0 Å². The second kappa shape index (κ2) is 3.18. The zero-order chi connectivity index (χ0) is 9.30. The molecule has 0 saturated carbocycles. The van der Waals surface area contributed by atoms with E-state index in [0.717, 1.165) is 5.69 Å². The molecule has 1 rings (SSSR count). The average molecular weight is 163 g/mol. The van der Waals surface area contributed by atoms with Gasteiger partial charge in [-0.3, -0.25) is 0 Å². The third-order valence-electron chi connectivity index (χ3n) is 2.40. The second-order valence-electron chi connectivity index (χ2n) is 3.67. The van der Waals surface area contributed by atoms with Crippen LogP contribution in [0.5, 0.6) is 0 Å². The molecule has 0 aliphatic carbocycles. The molecular formula is C11H17N. The van der Waals surface area contributed by atoms with Crippen molar-refractivity contribution in [3.63, 3.8) is 0 Å². The minimum absolute atomic E-state index is 0.563. The van der Waals surface area contributed by atoms with Crippen molar-refractivity contribution in [3.8, 4) is 0 Å². The van der Waals surface area contributed by atoms with E-state index in [9.17, 15) is 0 Å². The summed E-state index contributed by atoms with van der Waals surface area (Å²) in [6.45, 7) is 8.53. The molecule has 2 N–H and O–H groups in total. The van der Waals surface area contributed by atoms with Gasteiger partial charge in [0.05, 0.1) is 0 Å². The summed E-state index contributed by atoms with van der Waals surface area (Å²) in [5.41, 5.74) is 10.6. The van der Waals surface area contributed by atoms with Crippen LogP contribution in [0.25, 0.3) is 0 Å². The van der Waals surface area contributed by atoms with Crippen LogP contribution in [-0.2, 0) is 0 Å². The molecule has 0 atom stereocenters. The molecule has 0 spiro atoms. The molecule has 0 saturated heterocycles. The van der Waals surface area contributed by atoms with Gasteiger partial charge in [-0.15, -0.1) is 0 Å². The summed E-state index contributed by atoms with van der Waals surface area (Å²) in [5, 5.41) is 0. The number of hydrogen-bond acceptors (Lipinski definition) is 1. The zero-order valence-electron chi connectivity index (χ0n) is 8.31. The van der Waals surface area contributed by atoms with E-state index < -0.39 is 0 Å². The van der Waals surface area contributed by atoms with Crippen molar-refractivity contribution in [1.29, 1.82) is 0 Å².